The van der Waals surface area contributed by atoms with E-state index < -0.39 is 22.1 Å². The van der Waals surface area contributed by atoms with Crippen LogP contribution in [0.5, 0.6) is 0 Å². The van der Waals surface area contributed by atoms with Crippen molar-refractivity contribution in [1.82, 2.24) is 10.0 Å². The fourth-order valence-electron chi connectivity index (χ4n) is 2.25. The smallest absolute Gasteiger partial charge is 0.274 e. The van der Waals surface area contributed by atoms with Crippen LogP contribution in [0.4, 0.5) is 4.39 Å². The number of hydrogen-bond acceptors (Lipinski definition) is 4. The Morgan fingerprint density at radius 2 is 2.23 bits per heavy atom. The molecule has 0 aliphatic carbocycles. The quantitative estimate of drug-likeness (QED) is 0.732. The van der Waals surface area contributed by atoms with E-state index in [1.807, 2.05) is 0 Å². The van der Waals surface area contributed by atoms with Crippen LogP contribution in [0.25, 0.3) is 0 Å². The number of halogens is 3. The molecule has 1 aliphatic rings. The van der Waals surface area contributed by atoms with Gasteiger partial charge in [-0.15, -0.1) is 12.4 Å². The van der Waals surface area contributed by atoms with Gasteiger partial charge >= 0.3 is 0 Å². The molecule has 4 N–H and O–H groups in total. The summed E-state index contributed by atoms with van der Waals surface area (Å²) in [6, 6.07) is 4.35. The highest BCUT2D eigenvalue weighted by Crippen LogP contribution is 2.29. The topological polar surface area (TPSA) is 93.5 Å². The highest BCUT2D eigenvalue weighted by Gasteiger charge is 2.27. The highest BCUT2D eigenvalue weighted by molar-refractivity contribution is 7.87. The molecule has 10 heteroatoms. The molecule has 0 unspecified atom stereocenters. The number of nitrogens with two attached hydrogens (primary N) is 1. The summed E-state index contributed by atoms with van der Waals surface area (Å²) in [6.45, 7) is 1.77. The molecule has 1 saturated heterocycles. The predicted molar refractivity (Wildman–Crippen MR) is 84.8 cm³/mol. The van der Waals surface area contributed by atoms with Crippen LogP contribution in [0.15, 0.2) is 18.2 Å². The first kappa shape index (κ1) is 19.6. The molecule has 0 bridgehead atoms. The number of nitrogens with one attached hydrogen (secondary N) is 2. The molecule has 0 saturated carbocycles. The molecule has 0 amide bonds. The summed E-state index contributed by atoms with van der Waals surface area (Å²) in [5.41, 5.74) is 0.700. The lowest BCUT2D eigenvalue weighted by molar-refractivity contribution is 0.0322. The first-order valence-electron chi connectivity index (χ1n) is 6.41. The molecule has 2 atom stereocenters. The van der Waals surface area contributed by atoms with E-state index in [4.69, 9.17) is 21.5 Å². The second kappa shape index (κ2) is 8.39. The van der Waals surface area contributed by atoms with Crippen LogP contribution < -0.4 is 15.2 Å². The SMILES string of the molecule is Cl.NS(=O)(=O)NC[C@H]1CNCCO[C@@H]1c1ccc(F)c(Cl)c1. The molecule has 1 heterocycles. The monoisotopic (exact) mass is 373 g/mol. The van der Waals surface area contributed by atoms with Crippen LogP contribution in [0, 0.1) is 11.7 Å². The molecule has 6 nitrogen and oxygen atoms in total. The lowest BCUT2D eigenvalue weighted by Gasteiger charge is -2.25. The maximum absolute atomic E-state index is 13.3. The van der Waals surface area contributed by atoms with Crippen LogP contribution in [0.2, 0.25) is 5.02 Å². The second-order valence-corrected chi connectivity index (χ2v) is 6.61. The zero-order valence-corrected chi connectivity index (χ0v) is 14.0. The average molecular weight is 374 g/mol. The summed E-state index contributed by atoms with van der Waals surface area (Å²) in [6.07, 6.45) is -0.396. The van der Waals surface area contributed by atoms with Gasteiger partial charge in [-0.05, 0) is 17.7 Å². The summed E-state index contributed by atoms with van der Waals surface area (Å²) in [4.78, 5) is 0. The standard InChI is InChI=1S/C12H17ClFN3O3S.ClH/c13-10-5-8(1-2-11(10)14)12-9(6-16-3-4-20-12)7-17-21(15,18)19;/h1-2,5,9,12,16-17H,3-4,6-7H2,(H2,15,18,19);1H/t9-,12-;/m1./s1. The predicted octanol–water partition coefficient (Wildman–Crippen LogP) is 0.971. The van der Waals surface area contributed by atoms with E-state index in [2.05, 4.69) is 10.0 Å². The maximum Gasteiger partial charge on any atom is 0.274 e. The third kappa shape index (κ3) is 5.62. The molecule has 2 rings (SSSR count). The molecule has 1 aromatic carbocycles. The van der Waals surface area contributed by atoms with Gasteiger partial charge in [-0.2, -0.15) is 8.42 Å². The molecule has 1 fully saturated rings. The zero-order chi connectivity index (χ0) is 15.5. The van der Waals surface area contributed by atoms with Crippen molar-refractivity contribution in [2.45, 2.75) is 6.10 Å². The molecule has 126 valence electrons. The maximum atomic E-state index is 13.3. The van der Waals surface area contributed by atoms with Crippen molar-refractivity contribution in [3.05, 3.63) is 34.6 Å². The third-order valence-electron chi connectivity index (χ3n) is 3.23. The molecule has 22 heavy (non-hydrogen) atoms. The molecular formula is C12H18Cl2FN3O3S. The molecule has 0 radical (unpaired) electrons. The fourth-order valence-corrected chi connectivity index (χ4v) is 2.88. The molecule has 1 aliphatic heterocycles. The normalized spacial score (nSPS) is 22.7. The average Bonchev–Trinajstić information content (AvgIpc) is 2.64. The Labute approximate surface area is 140 Å². The van der Waals surface area contributed by atoms with Gasteiger partial charge in [0.1, 0.15) is 5.82 Å². The van der Waals surface area contributed by atoms with E-state index in [0.717, 1.165) is 0 Å². The first-order chi connectivity index (χ1) is 9.87. The van der Waals surface area contributed by atoms with Crippen molar-refractivity contribution < 1.29 is 17.5 Å². The minimum atomic E-state index is -3.78. The first-order valence-corrected chi connectivity index (χ1v) is 8.34. The van der Waals surface area contributed by atoms with E-state index in [9.17, 15) is 12.8 Å². The third-order valence-corrected chi connectivity index (χ3v) is 4.09. The Morgan fingerprint density at radius 1 is 1.50 bits per heavy atom. The Bertz CT molecular complexity index is 603. The van der Waals surface area contributed by atoms with Crippen molar-refractivity contribution in [1.29, 1.82) is 0 Å². The van der Waals surface area contributed by atoms with Gasteiger partial charge in [0.25, 0.3) is 10.2 Å². The summed E-state index contributed by atoms with van der Waals surface area (Å²) < 4.78 is 43.3. The van der Waals surface area contributed by atoms with Crippen molar-refractivity contribution in [3.8, 4) is 0 Å². The fraction of sp³-hybridized carbons (Fsp3) is 0.500. The minimum absolute atomic E-state index is 0. The van der Waals surface area contributed by atoms with Gasteiger partial charge in [0, 0.05) is 25.6 Å². The number of hydrogen-bond donors (Lipinski definition) is 3. The van der Waals surface area contributed by atoms with Gasteiger partial charge in [-0.25, -0.2) is 14.3 Å². The summed E-state index contributed by atoms with van der Waals surface area (Å²) in [7, 11) is -3.78. The molecule has 0 spiro atoms. The lowest BCUT2D eigenvalue weighted by atomic mass is 9.95. The van der Waals surface area contributed by atoms with E-state index >= 15 is 0 Å². The highest BCUT2D eigenvalue weighted by atomic mass is 35.5. The molecular weight excluding hydrogens is 356 g/mol. The van der Waals surface area contributed by atoms with Crippen LogP contribution in [0.1, 0.15) is 11.7 Å². The molecule has 0 aromatic heterocycles. The van der Waals surface area contributed by atoms with Gasteiger partial charge in [0.15, 0.2) is 0 Å². The minimum Gasteiger partial charge on any atom is -0.372 e. The van der Waals surface area contributed by atoms with Crippen molar-refractivity contribution in [2.24, 2.45) is 11.1 Å². The summed E-state index contributed by atoms with van der Waals surface area (Å²) >= 11 is 5.79. The number of benzene rings is 1. The van der Waals surface area contributed by atoms with Crippen molar-refractivity contribution >= 4 is 34.2 Å². The van der Waals surface area contributed by atoms with Crippen molar-refractivity contribution in [3.63, 3.8) is 0 Å². The van der Waals surface area contributed by atoms with E-state index in [0.29, 0.717) is 25.3 Å². The zero-order valence-electron chi connectivity index (χ0n) is 11.6. The number of ether oxygens (including phenoxy) is 1. The van der Waals surface area contributed by atoms with Crippen molar-refractivity contribution in [2.75, 3.05) is 26.2 Å². The Balaban J connectivity index is 0.00000242. The van der Waals surface area contributed by atoms with Gasteiger partial charge in [-0.1, -0.05) is 17.7 Å². The Morgan fingerprint density at radius 3 is 2.86 bits per heavy atom. The van der Waals surface area contributed by atoms with Crippen LogP contribution >= 0.6 is 24.0 Å². The largest absolute Gasteiger partial charge is 0.372 e. The summed E-state index contributed by atoms with van der Waals surface area (Å²) in [5.74, 6) is -0.696. The van der Waals surface area contributed by atoms with Crippen LogP contribution in [-0.4, -0.2) is 34.7 Å². The summed E-state index contributed by atoms with van der Waals surface area (Å²) in [5, 5.41) is 8.11. The van der Waals surface area contributed by atoms with E-state index in [1.165, 1.54) is 12.1 Å². The molecule has 1 aromatic rings. The van der Waals surface area contributed by atoms with Gasteiger partial charge in [-0.3, -0.25) is 0 Å². The van der Waals surface area contributed by atoms with Gasteiger partial charge < -0.3 is 10.1 Å². The van der Waals surface area contributed by atoms with E-state index in [1.54, 1.807) is 6.07 Å². The van der Waals surface area contributed by atoms with Crippen LogP contribution in [0.3, 0.4) is 0 Å². The number of rotatable bonds is 4. The van der Waals surface area contributed by atoms with E-state index in [-0.39, 0.29) is 29.9 Å². The Hall–Kier alpha value is -0.480. The Kier molecular flexibility index (Phi) is 7.47. The second-order valence-electron chi connectivity index (χ2n) is 4.82. The van der Waals surface area contributed by atoms with Crippen LogP contribution in [-0.2, 0) is 14.9 Å². The van der Waals surface area contributed by atoms with Gasteiger partial charge in [0.2, 0.25) is 0 Å². The lowest BCUT2D eigenvalue weighted by Crippen LogP contribution is -2.39. The van der Waals surface area contributed by atoms with Gasteiger partial charge in [0.05, 0.1) is 17.7 Å².